The van der Waals surface area contributed by atoms with Crippen LogP contribution in [0.5, 0.6) is 0 Å². The molecule has 1 saturated heterocycles. The van der Waals surface area contributed by atoms with E-state index >= 15 is 0 Å². The lowest BCUT2D eigenvalue weighted by atomic mass is 10.0. The molecule has 2 N–H and O–H groups in total. The summed E-state index contributed by atoms with van der Waals surface area (Å²) in [7, 11) is 0. The van der Waals surface area contributed by atoms with E-state index in [-0.39, 0.29) is 0 Å². The number of rotatable bonds is 4. The van der Waals surface area contributed by atoms with Gasteiger partial charge in [-0.2, -0.15) is 0 Å². The van der Waals surface area contributed by atoms with Gasteiger partial charge in [0.25, 0.3) is 0 Å². The van der Waals surface area contributed by atoms with E-state index in [1.807, 2.05) is 0 Å². The van der Waals surface area contributed by atoms with Crippen molar-refractivity contribution in [1.82, 2.24) is 5.32 Å². The lowest BCUT2D eigenvalue weighted by Gasteiger charge is -2.22. The summed E-state index contributed by atoms with van der Waals surface area (Å²) in [4.78, 5) is 0. The van der Waals surface area contributed by atoms with E-state index in [1.165, 1.54) is 44.3 Å². The van der Waals surface area contributed by atoms with Gasteiger partial charge in [0.15, 0.2) is 0 Å². The highest BCUT2D eigenvalue weighted by Crippen LogP contribution is 2.18. The Morgan fingerprint density at radius 3 is 3.11 bits per heavy atom. The quantitative estimate of drug-likeness (QED) is 0.872. The average molecular weight is 311 g/mol. The summed E-state index contributed by atoms with van der Waals surface area (Å²) in [6, 6.07) is 9.59. The number of halogens is 1. The first-order valence-electron chi connectivity index (χ1n) is 6.99. The van der Waals surface area contributed by atoms with Crippen molar-refractivity contribution in [3.8, 4) is 0 Å². The van der Waals surface area contributed by atoms with Crippen molar-refractivity contribution in [1.29, 1.82) is 0 Å². The number of hydrogen-bond acceptors (Lipinski definition) is 2. The molecule has 2 unspecified atom stereocenters. The molecule has 1 aliphatic heterocycles. The van der Waals surface area contributed by atoms with Gasteiger partial charge in [-0.1, -0.05) is 34.8 Å². The Hall–Kier alpha value is -0.540. The first-order valence-corrected chi connectivity index (χ1v) is 7.79. The van der Waals surface area contributed by atoms with Gasteiger partial charge in [-0.15, -0.1) is 0 Å². The highest BCUT2D eigenvalue weighted by atomic mass is 79.9. The van der Waals surface area contributed by atoms with Crippen LogP contribution in [0.1, 0.15) is 39.0 Å². The molecular weight excluding hydrogens is 288 g/mol. The molecule has 0 spiro atoms. The van der Waals surface area contributed by atoms with Crippen molar-refractivity contribution >= 4 is 21.6 Å². The van der Waals surface area contributed by atoms with Crippen LogP contribution in [0, 0.1) is 0 Å². The van der Waals surface area contributed by atoms with Crippen LogP contribution in [0.15, 0.2) is 28.7 Å². The van der Waals surface area contributed by atoms with Gasteiger partial charge in [-0.25, -0.2) is 0 Å². The molecule has 0 aromatic heterocycles. The van der Waals surface area contributed by atoms with Gasteiger partial charge in [-0.3, -0.25) is 0 Å². The number of nitrogens with one attached hydrogen (secondary N) is 2. The zero-order valence-electron chi connectivity index (χ0n) is 11.1. The van der Waals surface area contributed by atoms with Crippen LogP contribution in [0.3, 0.4) is 0 Å². The summed E-state index contributed by atoms with van der Waals surface area (Å²) in [6.45, 7) is 3.46. The second kappa shape index (κ2) is 7.15. The first kappa shape index (κ1) is 13.9. The summed E-state index contributed by atoms with van der Waals surface area (Å²) in [5, 5.41) is 7.24. The molecule has 0 aliphatic carbocycles. The predicted octanol–water partition coefficient (Wildman–Crippen LogP) is 4.17. The lowest BCUT2D eigenvalue weighted by Crippen LogP contribution is -2.33. The largest absolute Gasteiger partial charge is 0.383 e. The third-order valence-electron chi connectivity index (χ3n) is 3.54. The molecule has 2 atom stereocenters. The molecule has 1 fully saturated rings. The molecule has 1 aromatic rings. The van der Waals surface area contributed by atoms with Gasteiger partial charge in [0.2, 0.25) is 0 Å². The maximum absolute atomic E-state index is 3.66. The van der Waals surface area contributed by atoms with Crippen molar-refractivity contribution in [3.05, 3.63) is 28.7 Å². The summed E-state index contributed by atoms with van der Waals surface area (Å²) in [6.07, 6.45) is 6.62. The van der Waals surface area contributed by atoms with Crippen molar-refractivity contribution in [2.24, 2.45) is 0 Å². The Balaban J connectivity index is 1.82. The minimum atomic E-state index is 0.509. The molecule has 0 bridgehead atoms. The highest BCUT2D eigenvalue weighted by molar-refractivity contribution is 9.10. The lowest BCUT2D eigenvalue weighted by molar-refractivity contribution is 0.456. The monoisotopic (exact) mass is 310 g/mol. The zero-order valence-corrected chi connectivity index (χ0v) is 12.7. The van der Waals surface area contributed by atoms with Crippen LogP contribution in [0.2, 0.25) is 0 Å². The van der Waals surface area contributed by atoms with Gasteiger partial charge in [0.1, 0.15) is 0 Å². The van der Waals surface area contributed by atoms with E-state index in [0.29, 0.717) is 12.1 Å². The van der Waals surface area contributed by atoms with Crippen LogP contribution in [-0.2, 0) is 0 Å². The fourth-order valence-electron chi connectivity index (χ4n) is 2.65. The second-order valence-corrected chi connectivity index (χ2v) is 6.21. The molecule has 1 aromatic carbocycles. The van der Waals surface area contributed by atoms with Gasteiger partial charge >= 0.3 is 0 Å². The van der Waals surface area contributed by atoms with Crippen molar-refractivity contribution in [2.45, 2.75) is 51.1 Å². The first-order chi connectivity index (χ1) is 8.74. The topological polar surface area (TPSA) is 24.1 Å². The molecule has 1 aliphatic rings. The summed E-state index contributed by atoms with van der Waals surface area (Å²) in [5.41, 5.74) is 1.20. The summed E-state index contributed by atoms with van der Waals surface area (Å²) >= 11 is 3.51. The van der Waals surface area contributed by atoms with E-state index in [1.54, 1.807) is 0 Å². The molecule has 2 nitrogen and oxygen atoms in total. The Bertz CT molecular complexity index is 359. The molecule has 0 amide bonds. The Morgan fingerprint density at radius 1 is 1.39 bits per heavy atom. The molecule has 0 radical (unpaired) electrons. The zero-order chi connectivity index (χ0) is 12.8. The fourth-order valence-corrected chi connectivity index (χ4v) is 3.05. The Labute approximate surface area is 119 Å². The smallest absolute Gasteiger partial charge is 0.0353 e. The fraction of sp³-hybridized carbons (Fsp3) is 0.600. The Kier molecular flexibility index (Phi) is 5.51. The third-order valence-corrected chi connectivity index (χ3v) is 4.03. The predicted molar refractivity (Wildman–Crippen MR) is 82.1 cm³/mol. The maximum Gasteiger partial charge on any atom is 0.0353 e. The van der Waals surface area contributed by atoms with E-state index in [0.717, 1.165) is 4.47 Å². The van der Waals surface area contributed by atoms with Crippen LogP contribution in [0.4, 0.5) is 5.69 Å². The molecule has 2 rings (SSSR count). The van der Waals surface area contributed by atoms with Crippen LogP contribution >= 0.6 is 15.9 Å². The van der Waals surface area contributed by atoms with Gasteiger partial charge in [0, 0.05) is 22.2 Å². The molecule has 1 heterocycles. The summed E-state index contributed by atoms with van der Waals surface area (Å²) in [5.74, 6) is 0. The summed E-state index contributed by atoms with van der Waals surface area (Å²) < 4.78 is 1.13. The van der Waals surface area contributed by atoms with Gasteiger partial charge in [-0.05, 0) is 50.9 Å². The second-order valence-electron chi connectivity index (χ2n) is 5.29. The van der Waals surface area contributed by atoms with Crippen molar-refractivity contribution in [3.63, 3.8) is 0 Å². The normalized spacial score (nSPS) is 22.2. The number of hydrogen-bond donors (Lipinski definition) is 2. The Morgan fingerprint density at radius 2 is 2.28 bits per heavy atom. The number of benzene rings is 1. The molecule has 3 heteroatoms. The molecule has 0 saturated carbocycles. The van der Waals surface area contributed by atoms with Crippen LogP contribution in [-0.4, -0.2) is 18.6 Å². The average Bonchev–Trinajstić information content (AvgIpc) is 2.57. The minimum Gasteiger partial charge on any atom is -0.383 e. The number of anilines is 1. The van der Waals surface area contributed by atoms with E-state index in [2.05, 4.69) is 57.8 Å². The standard InChI is InChI=1S/C15H23BrN2/c1-12(10-14-7-3-2-4-9-17-14)18-15-8-5-6-13(16)11-15/h5-6,8,11-12,14,17-18H,2-4,7,9-10H2,1H3. The SMILES string of the molecule is CC(CC1CCCCCN1)Nc1cccc(Br)c1. The highest BCUT2D eigenvalue weighted by Gasteiger charge is 2.14. The third kappa shape index (κ3) is 4.62. The molecule has 100 valence electrons. The van der Waals surface area contributed by atoms with Gasteiger partial charge in [0.05, 0.1) is 0 Å². The minimum absolute atomic E-state index is 0.509. The van der Waals surface area contributed by atoms with Crippen LogP contribution < -0.4 is 10.6 Å². The van der Waals surface area contributed by atoms with Gasteiger partial charge < -0.3 is 10.6 Å². The van der Waals surface area contributed by atoms with Crippen LogP contribution in [0.25, 0.3) is 0 Å². The van der Waals surface area contributed by atoms with Crippen molar-refractivity contribution in [2.75, 3.05) is 11.9 Å². The van der Waals surface area contributed by atoms with E-state index in [9.17, 15) is 0 Å². The van der Waals surface area contributed by atoms with Crippen molar-refractivity contribution < 1.29 is 0 Å². The van der Waals surface area contributed by atoms with E-state index in [4.69, 9.17) is 0 Å². The van der Waals surface area contributed by atoms with E-state index < -0.39 is 0 Å². The molecule has 18 heavy (non-hydrogen) atoms. The maximum atomic E-state index is 3.66. The molecular formula is C15H23BrN2.